The van der Waals surface area contributed by atoms with Gasteiger partial charge in [-0.05, 0) is 48.8 Å². The molecule has 1 atom stereocenters. The molecule has 3 N–H and O–H groups in total. The summed E-state index contributed by atoms with van der Waals surface area (Å²) in [6.07, 6.45) is 2.49. The van der Waals surface area contributed by atoms with E-state index < -0.39 is 11.8 Å². The van der Waals surface area contributed by atoms with Crippen LogP contribution in [0.1, 0.15) is 42.8 Å². The topological polar surface area (TPSA) is 113 Å². The predicted octanol–water partition coefficient (Wildman–Crippen LogP) is 2.39. The van der Waals surface area contributed by atoms with Crippen molar-refractivity contribution in [1.82, 2.24) is 21.1 Å². The lowest BCUT2D eigenvalue weighted by Crippen LogP contribution is -2.50. The Bertz CT molecular complexity index is 992. The molecule has 0 saturated carbocycles. The molecule has 0 aliphatic carbocycles. The molecule has 9 nitrogen and oxygen atoms in total. The number of para-hydroxylation sites is 1. The number of likely N-dealkylation sites (tertiary alicyclic amines) is 1. The molecular formula is C23H28N4O5S. The average molecular weight is 473 g/mol. The van der Waals surface area contributed by atoms with Crippen molar-refractivity contribution in [1.29, 1.82) is 0 Å². The van der Waals surface area contributed by atoms with Crippen molar-refractivity contribution in [2.75, 3.05) is 13.2 Å². The summed E-state index contributed by atoms with van der Waals surface area (Å²) in [5.74, 6) is 0.0918. The maximum atomic E-state index is 12.6. The standard InChI is InChI=1S/C23H28N4O5S/c1-15(2)9-11-32-19-8-4-3-7-18(19)22(30)24-23(33)26-25-21(29)16-12-20(28)27(13-16)14-17-6-5-10-31-17/h3-8,10,15-16H,9,11-14H2,1-2H3,(H,25,29)(H2,24,26,30,33). The quantitative estimate of drug-likeness (QED) is 0.399. The van der Waals surface area contributed by atoms with Gasteiger partial charge in [-0.1, -0.05) is 26.0 Å². The van der Waals surface area contributed by atoms with Gasteiger partial charge in [-0.25, -0.2) is 0 Å². The van der Waals surface area contributed by atoms with E-state index in [1.807, 2.05) is 0 Å². The van der Waals surface area contributed by atoms with Gasteiger partial charge in [0.1, 0.15) is 11.5 Å². The number of hydrogen-bond acceptors (Lipinski definition) is 6. The molecule has 33 heavy (non-hydrogen) atoms. The van der Waals surface area contributed by atoms with Crippen molar-refractivity contribution in [3.8, 4) is 5.75 Å². The van der Waals surface area contributed by atoms with Crippen LogP contribution in [0.3, 0.4) is 0 Å². The summed E-state index contributed by atoms with van der Waals surface area (Å²) in [4.78, 5) is 38.8. The zero-order valence-corrected chi connectivity index (χ0v) is 19.4. The fourth-order valence-electron chi connectivity index (χ4n) is 3.30. The van der Waals surface area contributed by atoms with E-state index in [4.69, 9.17) is 21.4 Å². The molecule has 0 bridgehead atoms. The number of nitrogens with zero attached hydrogens (tertiary/aromatic N) is 1. The van der Waals surface area contributed by atoms with E-state index in [0.29, 0.717) is 36.1 Å². The van der Waals surface area contributed by atoms with Gasteiger partial charge in [-0.15, -0.1) is 0 Å². The van der Waals surface area contributed by atoms with E-state index in [1.54, 1.807) is 41.3 Å². The first-order valence-electron chi connectivity index (χ1n) is 10.8. The minimum atomic E-state index is -0.534. The summed E-state index contributed by atoms with van der Waals surface area (Å²) in [5, 5.41) is 2.46. The highest BCUT2D eigenvalue weighted by Crippen LogP contribution is 2.21. The van der Waals surface area contributed by atoms with Crippen LogP contribution in [-0.4, -0.2) is 40.9 Å². The number of furan rings is 1. The number of hydrazine groups is 1. The molecule has 1 aliphatic rings. The SMILES string of the molecule is CC(C)CCOc1ccccc1C(=O)NC(=S)NNC(=O)C1CC(=O)N(Cc2ccco2)C1. The summed E-state index contributed by atoms with van der Waals surface area (Å²) in [7, 11) is 0. The molecule has 10 heteroatoms. The Morgan fingerprint density at radius 1 is 1.21 bits per heavy atom. The smallest absolute Gasteiger partial charge is 0.261 e. The summed E-state index contributed by atoms with van der Waals surface area (Å²) in [5.41, 5.74) is 5.33. The largest absolute Gasteiger partial charge is 0.493 e. The highest BCUT2D eigenvalue weighted by Gasteiger charge is 2.34. The molecule has 2 aromatic rings. The van der Waals surface area contributed by atoms with Crippen LogP contribution in [0.2, 0.25) is 0 Å². The molecule has 3 rings (SSSR count). The van der Waals surface area contributed by atoms with E-state index in [9.17, 15) is 14.4 Å². The second-order valence-corrected chi connectivity index (χ2v) is 8.59. The van der Waals surface area contributed by atoms with Gasteiger partial charge >= 0.3 is 0 Å². The van der Waals surface area contributed by atoms with Crippen molar-refractivity contribution in [2.45, 2.75) is 33.2 Å². The number of amides is 3. The molecule has 1 aliphatic heterocycles. The molecule has 0 spiro atoms. The predicted molar refractivity (Wildman–Crippen MR) is 125 cm³/mol. The number of ether oxygens (including phenoxy) is 1. The van der Waals surface area contributed by atoms with Crippen LogP contribution >= 0.6 is 12.2 Å². The minimum Gasteiger partial charge on any atom is -0.493 e. The molecule has 0 radical (unpaired) electrons. The lowest BCUT2D eigenvalue weighted by atomic mass is 10.1. The van der Waals surface area contributed by atoms with Crippen LogP contribution in [0.15, 0.2) is 47.1 Å². The molecule has 176 valence electrons. The van der Waals surface area contributed by atoms with Gasteiger partial charge in [0.05, 0.1) is 30.9 Å². The van der Waals surface area contributed by atoms with E-state index >= 15 is 0 Å². The van der Waals surface area contributed by atoms with Crippen molar-refractivity contribution in [2.24, 2.45) is 11.8 Å². The normalized spacial score (nSPS) is 15.4. The van der Waals surface area contributed by atoms with Gasteiger partial charge in [0.25, 0.3) is 5.91 Å². The highest BCUT2D eigenvalue weighted by molar-refractivity contribution is 7.80. The molecule has 1 fully saturated rings. The number of rotatable bonds is 8. The first-order chi connectivity index (χ1) is 15.8. The van der Waals surface area contributed by atoms with Crippen molar-refractivity contribution in [3.05, 3.63) is 54.0 Å². The maximum Gasteiger partial charge on any atom is 0.261 e. The van der Waals surface area contributed by atoms with E-state index in [1.165, 1.54) is 6.26 Å². The number of nitrogens with one attached hydrogen (secondary N) is 3. The van der Waals surface area contributed by atoms with E-state index in [2.05, 4.69) is 30.0 Å². The summed E-state index contributed by atoms with van der Waals surface area (Å²) in [6.45, 7) is 5.28. The first kappa shape index (κ1) is 24.2. The van der Waals surface area contributed by atoms with E-state index in [-0.39, 0.29) is 29.9 Å². The van der Waals surface area contributed by atoms with Crippen molar-refractivity contribution >= 4 is 35.1 Å². The number of hydrogen-bond donors (Lipinski definition) is 3. The zero-order chi connectivity index (χ0) is 23.8. The Kier molecular flexibility index (Phi) is 8.42. The van der Waals surface area contributed by atoms with Crippen LogP contribution in [0.25, 0.3) is 0 Å². The van der Waals surface area contributed by atoms with Crippen LogP contribution in [-0.2, 0) is 16.1 Å². The maximum absolute atomic E-state index is 12.6. The molecule has 1 saturated heterocycles. The molecule has 3 amide bonds. The van der Waals surface area contributed by atoms with Crippen molar-refractivity contribution < 1.29 is 23.5 Å². The van der Waals surface area contributed by atoms with Gasteiger partial charge < -0.3 is 14.1 Å². The number of thiocarbonyl (C=S) groups is 1. The second kappa shape index (κ2) is 11.5. The monoisotopic (exact) mass is 472 g/mol. The number of carbonyl (C=O) groups is 3. The minimum absolute atomic E-state index is 0.0675. The lowest BCUT2D eigenvalue weighted by Gasteiger charge is -2.16. The van der Waals surface area contributed by atoms with Gasteiger partial charge in [-0.2, -0.15) is 0 Å². The summed E-state index contributed by atoms with van der Waals surface area (Å²) < 4.78 is 11.0. The fraction of sp³-hybridized carbons (Fsp3) is 0.391. The van der Waals surface area contributed by atoms with Crippen LogP contribution < -0.4 is 20.9 Å². The molecule has 1 aromatic heterocycles. The van der Waals surface area contributed by atoms with Gasteiger partial charge in [0.15, 0.2) is 5.11 Å². The fourth-order valence-corrected chi connectivity index (χ4v) is 3.44. The Labute approximate surface area is 197 Å². The molecule has 1 unspecified atom stereocenters. The van der Waals surface area contributed by atoms with Crippen LogP contribution in [0, 0.1) is 11.8 Å². The van der Waals surface area contributed by atoms with E-state index in [0.717, 1.165) is 6.42 Å². The van der Waals surface area contributed by atoms with Crippen molar-refractivity contribution in [3.63, 3.8) is 0 Å². The Morgan fingerprint density at radius 2 is 2.00 bits per heavy atom. The van der Waals surface area contributed by atoms with Crippen LogP contribution in [0.5, 0.6) is 5.75 Å². The Hall–Kier alpha value is -3.40. The zero-order valence-electron chi connectivity index (χ0n) is 18.6. The first-order valence-corrected chi connectivity index (χ1v) is 11.2. The Balaban J connectivity index is 1.46. The van der Waals surface area contributed by atoms with Gasteiger partial charge in [-0.3, -0.25) is 30.6 Å². The molecule has 1 aromatic carbocycles. The Morgan fingerprint density at radius 3 is 2.73 bits per heavy atom. The average Bonchev–Trinajstić information content (AvgIpc) is 3.42. The lowest BCUT2D eigenvalue weighted by molar-refractivity contribution is -0.129. The highest BCUT2D eigenvalue weighted by atomic mass is 32.1. The summed E-state index contributed by atoms with van der Waals surface area (Å²) >= 11 is 5.12. The third kappa shape index (κ3) is 7.04. The van der Waals surface area contributed by atoms with Crippen LogP contribution in [0.4, 0.5) is 0 Å². The number of carbonyl (C=O) groups excluding carboxylic acids is 3. The van der Waals surface area contributed by atoms with Gasteiger partial charge in [0.2, 0.25) is 11.8 Å². The molecule has 2 heterocycles. The number of benzene rings is 1. The molecular weight excluding hydrogens is 444 g/mol. The summed E-state index contributed by atoms with van der Waals surface area (Å²) in [6, 6.07) is 10.4. The van der Waals surface area contributed by atoms with Gasteiger partial charge in [0, 0.05) is 13.0 Å². The second-order valence-electron chi connectivity index (χ2n) is 8.18. The third-order valence-corrected chi connectivity index (χ3v) is 5.33. The third-order valence-electron chi connectivity index (χ3n) is 5.12.